The normalized spacial score (nSPS) is 13.2. The summed E-state index contributed by atoms with van der Waals surface area (Å²) >= 11 is 1.82. The number of nitrogens with two attached hydrogens (primary N) is 1. The Morgan fingerprint density at radius 3 is 2.75 bits per heavy atom. The molecule has 1 rings (SSSR count). The molecule has 2 nitrogen and oxygen atoms in total. The largest absolute Gasteiger partial charge is 0.329 e. The van der Waals surface area contributed by atoms with Gasteiger partial charge in [0.25, 0.3) is 0 Å². The van der Waals surface area contributed by atoms with Crippen LogP contribution in [0.1, 0.15) is 22.7 Å². The van der Waals surface area contributed by atoms with Crippen molar-refractivity contribution in [2.75, 3.05) is 13.1 Å². The van der Waals surface area contributed by atoms with Gasteiger partial charge < -0.3 is 11.1 Å². The number of rotatable bonds is 4. The Morgan fingerprint density at radius 1 is 1.58 bits per heavy atom. The van der Waals surface area contributed by atoms with E-state index in [1.54, 1.807) is 0 Å². The molecule has 12 heavy (non-hydrogen) atoms. The van der Waals surface area contributed by atoms with Crippen LogP contribution in [0.15, 0.2) is 12.1 Å². The van der Waals surface area contributed by atoms with Gasteiger partial charge in [0.2, 0.25) is 0 Å². The molecule has 0 radical (unpaired) electrons. The van der Waals surface area contributed by atoms with Crippen LogP contribution in [-0.2, 0) is 0 Å². The van der Waals surface area contributed by atoms with E-state index in [1.807, 2.05) is 11.3 Å². The first-order valence-corrected chi connectivity index (χ1v) is 5.09. The minimum absolute atomic E-state index is 0.341. The second-order valence-corrected chi connectivity index (χ2v) is 4.11. The fourth-order valence-corrected chi connectivity index (χ4v) is 2.15. The maximum absolute atomic E-state index is 5.64. The zero-order valence-electron chi connectivity index (χ0n) is 7.63. The van der Waals surface area contributed by atoms with Gasteiger partial charge in [-0.15, -0.1) is 11.3 Å². The third kappa shape index (κ3) is 2.30. The summed E-state index contributed by atoms with van der Waals surface area (Å²) in [5.74, 6) is 0. The third-order valence-corrected chi connectivity index (χ3v) is 2.91. The quantitative estimate of drug-likeness (QED) is 0.747. The van der Waals surface area contributed by atoms with Gasteiger partial charge in [-0.2, -0.15) is 0 Å². The number of aryl methyl sites for hydroxylation is 1. The highest BCUT2D eigenvalue weighted by Crippen LogP contribution is 2.21. The third-order valence-electron chi connectivity index (χ3n) is 1.79. The Kier molecular flexibility index (Phi) is 3.72. The molecule has 0 fully saturated rings. The lowest BCUT2D eigenvalue weighted by Gasteiger charge is -2.12. The lowest BCUT2D eigenvalue weighted by atomic mass is 10.2. The number of nitrogens with one attached hydrogen (secondary N) is 1. The molecule has 3 N–H and O–H groups in total. The Morgan fingerprint density at radius 2 is 2.33 bits per heavy atom. The summed E-state index contributed by atoms with van der Waals surface area (Å²) in [5, 5.41) is 3.35. The van der Waals surface area contributed by atoms with Crippen molar-refractivity contribution >= 4 is 11.3 Å². The molecule has 0 saturated heterocycles. The van der Waals surface area contributed by atoms with E-state index in [2.05, 4.69) is 31.3 Å². The molecule has 0 spiro atoms. The summed E-state index contributed by atoms with van der Waals surface area (Å²) in [6.07, 6.45) is 0. The zero-order valence-corrected chi connectivity index (χ0v) is 8.45. The molecule has 1 heterocycles. The number of thiophene rings is 1. The minimum Gasteiger partial charge on any atom is -0.329 e. The molecule has 1 atom stereocenters. The van der Waals surface area contributed by atoms with E-state index in [1.165, 1.54) is 9.75 Å². The van der Waals surface area contributed by atoms with Crippen molar-refractivity contribution in [3.05, 3.63) is 21.9 Å². The Bertz CT molecular complexity index is 232. The molecule has 0 aromatic carbocycles. The molecule has 0 saturated carbocycles. The van der Waals surface area contributed by atoms with Crippen molar-refractivity contribution < 1.29 is 0 Å². The molecule has 1 aromatic rings. The topological polar surface area (TPSA) is 38.0 Å². The van der Waals surface area contributed by atoms with Crippen LogP contribution < -0.4 is 11.1 Å². The van der Waals surface area contributed by atoms with Crippen molar-refractivity contribution in [3.8, 4) is 0 Å². The number of hydrogen-bond donors (Lipinski definition) is 2. The molecule has 68 valence electrons. The van der Waals surface area contributed by atoms with Gasteiger partial charge in [-0.1, -0.05) is 6.92 Å². The van der Waals surface area contributed by atoms with E-state index in [0.29, 0.717) is 12.6 Å². The van der Waals surface area contributed by atoms with E-state index in [9.17, 15) is 0 Å². The van der Waals surface area contributed by atoms with Crippen LogP contribution in [0.5, 0.6) is 0 Å². The van der Waals surface area contributed by atoms with Crippen LogP contribution in [0.2, 0.25) is 0 Å². The van der Waals surface area contributed by atoms with Crippen LogP contribution in [-0.4, -0.2) is 13.1 Å². The average Bonchev–Trinajstić information content (AvgIpc) is 2.47. The van der Waals surface area contributed by atoms with Gasteiger partial charge >= 0.3 is 0 Å². The minimum atomic E-state index is 0.341. The molecule has 3 heteroatoms. The summed E-state index contributed by atoms with van der Waals surface area (Å²) in [7, 11) is 0. The summed E-state index contributed by atoms with van der Waals surface area (Å²) in [6, 6.07) is 4.63. The Balaban J connectivity index is 2.66. The summed E-state index contributed by atoms with van der Waals surface area (Å²) in [5.41, 5.74) is 5.64. The van der Waals surface area contributed by atoms with Crippen LogP contribution in [0.25, 0.3) is 0 Å². The van der Waals surface area contributed by atoms with Crippen molar-refractivity contribution in [3.63, 3.8) is 0 Å². The van der Waals surface area contributed by atoms with Gasteiger partial charge in [0.05, 0.1) is 6.04 Å². The van der Waals surface area contributed by atoms with Crippen LogP contribution in [0, 0.1) is 6.92 Å². The van der Waals surface area contributed by atoms with Gasteiger partial charge in [-0.05, 0) is 25.6 Å². The molecule has 0 amide bonds. The molecule has 0 aliphatic carbocycles. The van der Waals surface area contributed by atoms with E-state index < -0.39 is 0 Å². The standard InChI is InChI=1S/C9H16N2S/c1-3-11-8(6-10)9-5-4-7(2)12-9/h4-5,8,11H,3,6,10H2,1-2H3. The van der Waals surface area contributed by atoms with Gasteiger partial charge in [0.1, 0.15) is 0 Å². The molecular weight excluding hydrogens is 168 g/mol. The van der Waals surface area contributed by atoms with E-state index >= 15 is 0 Å². The summed E-state index contributed by atoms with van der Waals surface area (Å²) < 4.78 is 0. The highest BCUT2D eigenvalue weighted by Gasteiger charge is 2.08. The van der Waals surface area contributed by atoms with Crippen molar-refractivity contribution in [2.24, 2.45) is 5.73 Å². The maximum Gasteiger partial charge on any atom is 0.0539 e. The van der Waals surface area contributed by atoms with Gasteiger partial charge in [-0.3, -0.25) is 0 Å². The number of likely N-dealkylation sites (N-methyl/N-ethyl adjacent to an activating group) is 1. The monoisotopic (exact) mass is 184 g/mol. The van der Waals surface area contributed by atoms with E-state index in [-0.39, 0.29) is 0 Å². The van der Waals surface area contributed by atoms with Crippen molar-refractivity contribution in [1.82, 2.24) is 5.32 Å². The van der Waals surface area contributed by atoms with Crippen LogP contribution in [0.3, 0.4) is 0 Å². The van der Waals surface area contributed by atoms with E-state index in [4.69, 9.17) is 5.73 Å². The highest BCUT2D eigenvalue weighted by molar-refractivity contribution is 7.12. The SMILES string of the molecule is CCNC(CN)c1ccc(C)s1. The predicted molar refractivity (Wildman–Crippen MR) is 54.5 cm³/mol. The smallest absolute Gasteiger partial charge is 0.0539 e. The van der Waals surface area contributed by atoms with Gasteiger partial charge in [-0.25, -0.2) is 0 Å². The molecule has 0 aliphatic rings. The fourth-order valence-electron chi connectivity index (χ4n) is 1.19. The summed E-state index contributed by atoms with van der Waals surface area (Å²) in [6.45, 7) is 5.86. The molecule has 0 aliphatic heterocycles. The van der Waals surface area contributed by atoms with E-state index in [0.717, 1.165) is 6.54 Å². The van der Waals surface area contributed by atoms with Crippen LogP contribution >= 0.6 is 11.3 Å². The second-order valence-electron chi connectivity index (χ2n) is 2.79. The van der Waals surface area contributed by atoms with Gasteiger partial charge in [0.15, 0.2) is 0 Å². The highest BCUT2D eigenvalue weighted by atomic mass is 32.1. The molecule has 0 bridgehead atoms. The maximum atomic E-state index is 5.64. The Hall–Kier alpha value is -0.380. The molecule has 1 unspecified atom stereocenters. The predicted octanol–water partition coefficient (Wildman–Crippen LogP) is 1.67. The lowest BCUT2D eigenvalue weighted by Crippen LogP contribution is -2.27. The molecular formula is C9H16N2S. The Labute approximate surface area is 77.8 Å². The average molecular weight is 184 g/mol. The second kappa shape index (κ2) is 4.60. The first-order chi connectivity index (χ1) is 5.77. The van der Waals surface area contributed by atoms with Crippen LogP contribution in [0.4, 0.5) is 0 Å². The lowest BCUT2D eigenvalue weighted by molar-refractivity contribution is 0.570. The van der Waals surface area contributed by atoms with Gasteiger partial charge in [0, 0.05) is 16.3 Å². The zero-order chi connectivity index (χ0) is 8.97. The number of hydrogen-bond acceptors (Lipinski definition) is 3. The first kappa shape index (κ1) is 9.71. The summed E-state index contributed by atoms with van der Waals surface area (Å²) in [4.78, 5) is 2.69. The van der Waals surface area contributed by atoms with Crippen molar-refractivity contribution in [2.45, 2.75) is 19.9 Å². The fraction of sp³-hybridized carbons (Fsp3) is 0.556. The first-order valence-electron chi connectivity index (χ1n) is 4.27. The van der Waals surface area contributed by atoms with Crippen molar-refractivity contribution in [1.29, 1.82) is 0 Å². The molecule has 1 aromatic heterocycles.